The molecule has 0 N–H and O–H groups in total. The lowest BCUT2D eigenvalue weighted by Gasteiger charge is -1.98. The van der Waals surface area contributed by atoms with E-state index in [2.05, 4.69) is 9.97 Å². The second kappa shape index (κ2) is 5.92. The average Bonchev–Trinajstić information content (AvgIpc) is 3.11. The Balaban J connectivity index is 1.85. The van der Waals surface area contributed by atoms with Gasteiger partial charge < -0.3 is 4.42 Å². The number of carbonyl (C=O) groups is 1. The number of nitriles is 1. The molecule has 0 amide bonds. The number of para-hydroxylation sites is 2. The average molecular weight is 309 g/mol. The van der Waals surface area contributed by atoms with Crippen LogP contribution in [-0.4, -0.2) is 15.8 Å². The molecule has 0 saturated carbocycles. The number of fused-ring (bicyclic) bond motifs is 1. The van der Waals surface area contributed by atoms with Crippen molar-refractivity contribution in [2.75, 3.05) is 0 Å². The van der Waals surface area contributed by atoms with Crippen molar-refractivity contribution in [2.45, 2.75) is 12.8 Å². The molecule has 108 valence electrons. The third kappa shape index (κ3) is 2.80. The minimum absolute atomic E-state index is 0.118. The van der Waals surface area contributed by atoms with Gasteiger partial charge in [-0.15, -0.1) is 11.3 Å². The minimum Gasteiger partial charge on any atom is -0.439 e. The zero-order chi connectivity index (χ0) is 15.5. The highest BCUT2D eigenvalue weighted by atomic mass is 32.1. The molecule has 0 fully saturated rings. The first kappa shape index (κ1) is 14.2. The molecule has 22 heavy (non-hydrogen) atoms. The maximum atomic E-state index is 12.2. The lowest BCUT2D eigenvalue weighted by Crippen LogP contribution is -2.08. The van der Waals surface area contributed by atoms with Gasteiger partial charge in [-0.25, -0.2) is 9.97 Å². The van der Waals surface area contributed by atoms with E-state index in [1.165, 1.54) is 17.4 Å². The summed E-state index contributed by atoms with van der Waals surface area (Å²) in [6.07, 6.45) is 2.94. The van der Waals surface area contributed by atoms with Crippen LogP contribution in [0.3, 0.4) is 0 Å². The molecule has 0 radical (unpaired) electrons. The number of nitrogens with zero attached hydrogens (tertiary/aromatic N) is 3. The predicted molar refractivity (Wildman–Crippen MR) is 83.3 cm³/mol. The van der Waals surface area contributed by atoms with E-state index in [0.717, 1.165) is 5.01 Å². The fraction of sp³-hybridized carbons (Fsp3) is 0.125. The van der Waals surface area contributed by atoms with Crippen molar-refractivity contribution in [1.82, 2.24) is 9.97 Å². The first-order chi connectivity index (χ1) is 10.7. The highest BCUT2D eigenvalue weighted by molar-refractivity contribution is 7.09. The van der Waals surface area contributed by atoms with Gasteiger partial charge in [0.05, 0.1) is 16.8 Å². The van der Waals surface area contributed by atoms with Crippen LogP contribution in [0.15, 0.2) is 40.1 Å². The van der Waals surface area contributed by atoms with E-state index in [0.29, 0.717) is 16.8 Å². The van der Waals surface area contributed by atoms with E-state index in [1.54, 1.807) is 18.2 Å². The van der Waals surface area contributed by atoms with Crippen molar-refractivity contribution < 1.29 is 9.21 Å². The molecule has 1 atom stereocenters. The Morgan fingerprint density at radius 2 is 2.23 bits per heavy atom. The summed E-state index contributed by atoms with van der Waals surface area (Å²) in [6, 6.07) is 9.10. The van der Waals surface area contributed by atoms with E-state index >= 15 is 0 Å². The van der Waals surface area contributed by atoms with Crippen LogP contribution in [0, 0.1) is 18.3 Å². The van der Waals surface area contributed by atoms with Gasteiger partial charge in [-0.2, -0.15) is 5.26 Å². The number of carbonyl (C=O) groups excluding carboxylic acids is 1. The quantitative estimate of drug-likeness (QED) is 0.689. The molecule has 3 aromatic rings. The molecule has 0 aliphatic carbocycles. The Bertz CT molecular complexity index is 868. The van der Waals surface area contributed by atoms with Gasteiger partial charge in [-0.05, 0) is 31.2 Å². The van der Waals surface area contributed by atoms with Gasteiger partial charge in [0, 0.05) is 5.38 Å². The van der Waals surface area contributed by atoms with E-state index in [4.69, 9.17) is 4.42 Å². The third-order valence-electron chi connectivity index (χ3n) is 3.03. The third-order valence-corrected chi connectivity index (χ3v) is 3.82. The summed E-state index contributed by atoms with van der Waals surface area (Å²) in [4.78, 5) is 20.6. The van der Waals surface area contributed by atoms with Crippen LogP contribution >= 0.6 is 11.3 Å². The Hall–Kier alpha value is -2.78. The van der Waals surface area contributed by atoms with E-state index in [1.807, 2.05) is 30.5 Å². The molecule has 1 unspecified atom stereocenters. The molecule has 0 bridgehead atoms. The molecule has 3 rings (SSSR count). The van der Waals surface area contributed by atoms with Gasteiger partial charge in [-0.1, -0.05) is 12.1 Å². The Labute approximate surface area is 130 Å². The number of hydrogen-bond donors (Lipinski definition) is 0. The number of aryl methyl sites for hydroxylation is 1. The van der Waals surface area contributed by atoms with Crippen molar-refractivity contribution in [3.05, 3.63) is 52.3 Å². The van der Waals surface area contributed by atoms with Crippen molar-refractivity contribution in [1.29, 1.82) is 5.26 Å². The molecule has 5 nitrogen and oxygen atoms in total. The van der Waals surface area contributed by atoms with Crippen LogP contribution < -0.4 is 0 Å². The van der Waals surface area contributed by atoms with Crippen molar-refractivity contribution in [3.63, 3.8) is 0 Å². The molecule has 2 aromatic heterocycles. The number of oxazole rings is 1. The van der Waals surface area contributed by atoms with Gasteiger partial charge in [0.1, 0.15) is 5.52 Å². The first-order valence-corrected chi connectivity index (χ1v) is 7.44. The van der Waals surface area contributed by atoms with E-state index in [9.17, 15) is 10.1 Å². The van der Waals surface area contributed by atoms with Crippen LogP contribution in [0.5, 0.6) is 0 Å². The smallest absolute Gasteiger partial charge is 0.220 e. The number of ketones is 1. The van der Waals surface area contributed by atoms with Crippen LogP contribution in [0.2, 0.25) is 0 Å². The molecule has 6 heteroatoms. The monoisotopic (exact) mass is 309 g/mol. The van der Waals surface area contributed by atoms with E-state index < -0.39 is 5.92 Å². The maximum absolute atomic E-state index is 12.2. The summed E-state index contributed by atoms with van der Waals surface area (Å²) in [5, 5.41) is 12.0. The molecular weight excluding hydrogens is 298 g/mol. The van der Waals surface area contributed by atoms with Gasteiger partial charge in [-0.3, -0.25) is 4.79 Å². The Morgan fingerprint density at radius 1 is 1.41 bits per heavy atom. The number of aromatic nitrogens is 2. The largest absolute Gasteiger partial charge is 0.439 e. The maximum Gasteiger partial charge on any atom is 0.220 e. The SMILES string of the molecule is Cc1nc(C=CC(=O)C(C#N)c2nc3ccccc3o2)cs1. The molecule has 0 aliphatic rings. The second-order valence-corrected chi connectivity index (χ2v) is 5.67. The summed E-state index contributed by atoms with van der Waals surface area (Å²) < 4.78 is 5.50. The lowest BCUT2D eigenvalue weighted by molar-refractivity contribution is -0.115. The number of rotatable bonds is 4. The Morgan fingerprint density at radius 3 is 2.91 bits per heavy atom. The van der Waals surface area contributed by atoms with Crippen LogP contribution in [0.1, 0.15) is 22.5 Å². The standard InChI is InChI=1S/C16H11N3O2S/c1-10-18-11(9-22-10)6-7-14(20)12(8-17)16-19-13-4-2-3-5-15(13)21-16/h2-7,9,12H,1H3. The zero-order valence-corrected chi connectivity index (χ0v) is 12.5. The predicted octanol–water partition coefficient (Wildman–Crippen LogP) is 3.48. The fourth-order valence-electron chi connectivity index (χ4n) is 1.97. The molecule has 0 saturated heterocycles. The summed E-state index contributed by atoms with van der Waals surface area (Å²) in [7, 11) is 0. The first-order valence-electron chi connectivity index (χ1n) is 6.56. The Kier molecular flexibility index (Phi) is 3.81. The molecule has 2 heterocycles. The summed E-state index contributed by atoms with van der Waals surface area (Å²) in [5.74, 6) is -1.31. The van der Waals surface area contributed by atoms with Gasteiger partial charge >= 0.3 is 0 Å². The normalized spacial score (nSPS) is 12.5. The lowest BCUT2D eigenvalue weighted by atomic mass is 10.1. The number of allylic oxidation sites excluding steroid dienone is 1. The summed E-state index contributed by atoms with van der Waals surface area (Å²) >= 11 is 1.50. The molecular formula is C16H11N3O2S. The summed E-state index contributed by atoms with van der Waals surface area (Å²) in [6.45, 7) is 1.89. The molecule has 0 spiro atoms. The van der Waals surface area contributed by atoms with Crippen LogP contribution in [0.25, 0.3) is 17.2 Å². The number of hydrogen-bond acceptors (Lipinski definition) is 6. The second-order valence-electron chi connectivity index (χ2n) is 4.61. The number of thiazole rings is 1. The van der Waals surface area contributed by atoms with Crippen molar-refractivity contribution in [3.8, 4) is 6.07 Å². The fourth-order valence-corrected chi connectivity index (χ4v) is 2.56. The van der Waals surface area contributed by atoms with E-state index in [-0.39, 0.29) is 11.7 Å². The molecule has 1 aromatic carbocycles. The van der Waals surface area contributed by atoms with Gasteiger partial charge in [0.25, 0.3) is 0 Å². The topological polar surface area (TPSA) is 79.8 Å². The highest BCUT2D eigenvalue weighted by Crippen LogP contribution is 2.22. The van der Waals surface area contributed by atoms with Crippen molar-refractivity contribution >= 4 is 34.3 Å². The van der Waals surface area contributed by atoms with Crippen LogP contribution in [0.4, 0.5) is 0 Å². The van der Waals surface area contributed by atoms with Crippen LogP contribution in [-0.2, 0) is 4.79 Å². The van der Waals surface area contributed by atoms with Crippen molar-refractivity contribution in [2.24, 2.45) is 0 Å². The zero-order valence-electron chi connectivity index (χ0n) is 11.7. The van der Waals surface area contributed by atoms with Gasteiger partial charge in [0.2, 0.25) is 5.89 Å². The minimum atomic E-state index is -1.05. The summed E-state index contributed by atoms with van der Waals surface area (Å²) in [5.41, 5.74) is 1.89. The highest BCUT2D eigenvalue weighted by Gasteiger charge is 2.23. The number of benzene rings is 1. The van der Waals surface area contributed by atoms with Gasteiger partial charge in [0.15, 0.2) is 17.3 Å². The molecule has 0 aliphatic heterocycles.